The van der Waals surface area contributed by atoms with E-state index in [-0.39, 0.29) is 17.6 Å². The van der Waals surface area contributed by atoms with E-state index < -0.39 is 6.10 Å². The molecule has 29 heavy (non-hydrogen) atoms. The number of aromatic nitrogens is 4. The van der Waals surface area contributed by atoms with Gasteiger partial charge in [0.1, 0.15) is 12.4 Å². The number of rotatable bonds is 8. The van der Waals surface area contributed by atoms with E-state index >= 15 is 0 Å². The van der Waals surface area contributed by atoms with Crippen molar-refractivity contribution in [3.8, 4) is 5.69 Å². The average Bonchev–Trinajstić information content (AvgIpc) is 3.12. The van der Waals surface area contributed by atoms with Crippen LogP contribution in [0.2, 0.25) is 0 Å². The minimum Gasteiger partial charge on any atom is -0.386 e. The quantitative estimate of drug-likeness (QED) is 0.617. The normalized spacial score (nSPS) is 13.6. The van der Waals surface area contributed by atoms with Crippen LogP contribution < -0.4 is 5.69 Å². The van der Waals surface area contributed by atoms with Crippen molar-refractivity contribution in [2.45, 2.75) is 65.0 Å². The Bertz CT molecular complexity index is 969. The Balaban J connectivity index is 1.85. The van der Waals surface area contributed by atoms with Crippen LogP contribution in [0.3, 0.4) is 0 Å². The van der Waals surface area contributed by atoms with Crippen molar-refractivity contribution < 1.29 is 5.11 Å². The van der Waals surface area contributed by atoms with E-state index in [0.29, 0.717) is 5.69 Å². The molecule has 3 rings (SSSR count). The second kappa shape index (κ2) is 9.18. The topological polar surface area (TPSA) is 72.9 Å². The van der Waals surface area contributed by atoms with Crippen molar-refractivity contribution in [2.24, 2.45) is 0 Å². The fourth-order valence-electron chi connectivity index (χ4n) is 3.76. The maximum Gasteiger partial charge on any atom is 0.350 e. The molecular formula is C23H30N4O2. The van der Waals surface area contributed by atoms with E-state index in [1.165, 1.54) is 0 Å². The highest BCUT2D eigenvalue weighted by Crippen LogP contribution is 2.33. The predicted molar refractivity (Wildman–Crippen MR) is 114 cm³/mol. The first kappa shape index (κ1) is 21.0. The van der Waals surface area contributed by atoms with Crippen LogP contribution in [0, 0.1) is 6.92 Å². The highest BCUT2D eigenvalue weighted by molar-refractivity contribution is 5.36. The maximum absolute atomic E-state index is 12.7. The summed E-state index contributed by atoms with van der Waals surface area (Å²) >= 11 is 0. The van der Waals surface area contributed by atoms with Crippen LogP contribution in [-0.2, 0) is 0 Å². The Kier molecular flexibility index (Phi) is 6.64. The summed E-state index contributed by atoms with van der Waals surface area (Å²) in [4.78, 5) is 17.1. The lowest BCUT2D eigenvalue weighted by Gasteiger charge is -2.22. The fourth-order valence-corrected chi connectivity index (χ4v) is 3.76. The van der Waals surface area contributed by atoms with Crippen LogP contribution in [0.15, 0.2) is 53.7 Å². The van der Waals surface area contributed by atoms with Gasteiger partial charge in [0.15, 0.2) is 0 Å². The first-order chi connectivity index (χ1) is 14.0. The average molecular weight is 395 g/mol. The molecule has 0 saturated carbocycles. The minimum absolute atomic E-state index is 0.0664. The third kappa shape index (κ3) is 4.32. The van der Waals surface area contributed by atoms with Crippen molar-refractivity contribution in [3.05, 3.63) is 76.2 Å². The zero-order valence-corrected chi connectivity index (χ0v) is 17.6. The van der Waals surface area contributed by atoms with Crippen LogP contribution in [0.1, 0.15) is 74.9 Å². The minimum atomic E-state index is -0.674. The fraction of sp³-hybridized carbons (Fsp3) is 0.435. The summed E-state index contributed by atoms with van der Waals surface area (Å²) < 4.78 is 3.14. The first-order valence-electron chi connectivity index (χ1n) is 10.4. The van der Waals surface area contributed by atoms with Gasteiger partial charge in [-0.2, -0.15) is 5.10 Å². The third-order valence-electron chi connectivity index (χ3n) is 5.64. The molecule has 0 spiro atoms. The number of benzene rings is 1. The van der Waals surface area contributed by atoms with Crippen LogP contribution in [0.5, 0.6) is 0 Å². The van der Waals surface area contributed by atoms with Gasteiger partial charge in [-0.25, -0.2) is 14.0 Å². The Labute approximate surface area is 171 Å². The summed E-state index contributed by atoms with van der Waals surface area (Å²) in [5, 5.41) is 15.1. The highest BCUT2D eigenvalue weighted by atomic mass is 16.3. The molecule has 2 aromatic heterocycles. The molecule has 2 heterocycles. The first-order valence-corrected chi connectivity index (χ1v) is 10.4. The van der Waals surface area contributed by atoms with E-state index in [1.54, 1.807) is 21.8 Å². The Morgan fingerprint density at radius 1 is 1.00 bits per heavy atom. The summed E-state index contributed by atoms with van der Waals surface area (Å²) in [7, 11) is 0. The number of pyridine rings is 1. The van der Waals surface area contributed by atoms with Crippen LogP contribution in [0.25, 0.3) is 5.69 Å². The maximum atomic E-state index is 12.7. The molecular weight excluding hydrogens is 364 g/mol. The Hall–Kier alpha value is -2.73. The molecule has 6 nitrogen and oxygen atoms in total. The zero-order chi connectivity index (χ0) is 21.0. The molecule has 3 aromatic rings. The molecule has 0 aliphatic rings. The molecule has 2 unspecified atom stereocenters. The SMILES string of the molecule is CCC(c1ccc(-n2cnn(C(CC)CC)c2=O)cc1)C(O)c1ccc(C)cn1. The number of hydrogen-bond acceptors (Lipinski definition) is 4. The van der Waals surface area contributed by atoms with Gasteiger partial charge in [0.05, 0.1) is 17.4 Å². The molecule has 0 fully saturated rings. The molecule has 0 radical (unpaired) electrons. The van der Waals surface area contributed by atoms with Crippen molar-refractivity contribution in [2.75, 3.05) is 0 Å². The molecule has 6 heteroatoms. The lowest BCUT2D eigenvalue weighted by atomic mass is 9.89. The van der Waals surface area contributed by atoms with E-state index in [1.807, 2.05) is 43.3 Å². The molecule has 0 aliphatic carbocycles. The van der Waals surface area contributed by atoms with Crippen LogP contribution >= 0.6 is 0 Å². The monoisotopic (exact) mass is 394 g/mol. The van der Waals surface area contributed by atoms with Gasteiger partial charge < -0.3 is 5.11 Å². The van der Waals surface area contributed by atoms with Gasteiger partial charge in [0.2, 0.25) is 0 Å². The molecule has 0 amide bonds. The van der Waals surface area contributed by atoms with Crippen molar-refractivity contribution in [1.29, 1.82) is 0 Å². The number of nitrogens with zero attached hydrogens (tertiary/aromatic N) is 4. The molecule has 0 aliphatic heterocycles. The smallest absolute Gasteiger partial charge is 0.350 e. The van der Waals surface area contributed by atoms with Crippen molar-refractivity contribution in [3.63, 3.8) is 0 Å². The Morgan fingerprint density at radius 2 is 1.69 bits per heavy atom. The van der Waals surface area contributed by atoms with Gasteiger partial charge in [-0.3, -0.25) is 4.98 Å². The lowest BCUT2D eigenvalue weighted by molar-refractivity contribution is 0.138. The van der Waals surface area contributed by atoms with E-state index in [9.17, 15) is 9.90 Å². The highest BCUT2D eigenvalue weighted by Gasteiger charge is 2.22. The van der Waals surface area contributed by atoms with Crippen molar-refractivity contribution in [1.82, 2.24) is 19.3 Å². The van der Waals surface area contributed by atoms with Gasteiger partial charge in [-0.05, 0) is 55.5 Å². The van der Waals surface area contributed by atoms with Gasteiger partial charge in [0, 0.05) is 12.1 Å². The summed E-state index contributed by atoms with van der Waals surface area (Å²) in [5.74, 6) is -0.0664. The van der Waals surface area contributed by atoms with Gasteiger partial charge >= 0.3 is 5.69 Å². The summed E-state index contributed by atoms with van der Waals surface area (Å²) in [6.45, 7) is 8.16. The number of aryl methyl sites for hydroxylation is 1. The number of hydrogen-bond donors (Lipinski definition) is 1. The molecule has 2 atom stereocenters. The van der Waals surface area contributed by atoms with Crippen LogP contribution in [0.4, 0.5) is 0 Å². The second-order valence-electron chi connectivity index (χ2n) is 7.51. The van der Waals surface area contributed by atoms with Gasteiger partial charge in [0.25, 0.3) is 0 Å². The molecule has 1 aromatic carbocycles. The Morgan fingerprint density at radius 3 is 2.24 bits per heavy atom. The summed E-state index contributed by atoms with van der Waals surface area (Å²) in [6.07, 6.45) is 5.20. The molecule has 0 saturated heterocycles. The lowest BCUT2D eigenvalue weighted by Crippen LogP contribution is -2.27. The second-order valence-corrected chi connectivity index (χ2v) is 7.51. The van der Waals surface area contributed by atoms with Crippen LogP contribution in [-0.4, -0.2) is 24.4 Å². The largest absolute Gasteiger partial charge is 0.386 e. The summed E-state index contributed by atoms with van der Waals surface area (Å²) in [5.41, 5.74) is 3.41. The van der Waals surface area contributed by atoms with E-state index in [4.69, 9.17) is 0 Å². The third-order valence-corrected chi connectivity index (χ3v) is 5.64. The van der Waals surface area contributed by atoms with Gasteiger partial charge in [-0.15, -0.1) is 0 Å². The standard InChI is InChI=1S/C23H30N4O2/c1-5-18(6-2)27-23(29)26(15-25-27)19-11-9-17(10-12-19)20(7-3)22(28)21-13-8-16(4)14-24-21/h8-15,18,20,22,28H,5-7H2,1-4H3. The molecule has 0 bridgehead atoms. The number of aliphatic hydroxyl groups excluding tert-OH is 1. The van der Waals surface area contributed by atoms with Gasteiger partial charge in [-0.1, -0.05) is 39.0 Å². The molecule has 154 valence electrons. The predicted octanol–water partition coefficient (Wildman–Crippen LogP) is 4.33. The number of aliphatic hydroxyl groups is 1. The summed E-state index contributed by atoms with van der Waals surface area (Å²) in [6, 6.07) is 11.7. The molecule has 1 N–H and O–H groups in total. The van der Waals surface area contributed by atoms with E-state index in [2.05, 4.69) is 30.9 Å². The zero-order valence-electron chi connectivity index (χ0n) is 17.6. The van der Waals surface area contributed by atoms with E-state index in [0.717, 1.165) is 36.1 Å². The van der Waals surface area contributed by atoms with Crippen molar-refractivity contribution >= 4 is 0 Å².